The van der Waals surface area contributed by atoms with E-state index in [1.807, 2.05) is 42.6 Å². The molecule has 0 fully saturated rings. The SMILES string of the molecule is [Pd]=[c]1n(-c2[c-]c(Oc3[c-]c4c(cc3)c3ccccc3n4-c3ccc(-c4ccncc4)cn3)ccc2)c2ccccc2n1-c1c(-c2ccccc2)cccc1-c1ccccc1. The molecule has 0 saturated heterocycles. The van der Waals surface area contributed by atoms with Crippen molar-refractivity contribution in [2.24, 2.45) is 0 Å². The number of hydrogen-bond donors (Lipinski definition) is 0. The van der Waals surface area contributed by atoms with Crippen molar-refractivity contribution in [2.75, 3.05) is 0 Å². The van der Waals surface area contributed by atoms with Crippen LogP contribution in [0.15, 0.2) is 201 Å². The van der Waals surface area contributed by atoms with E-state index in [2.05, 4.69) is 195 Å². The van der Waals surface area contributed by atoms with Gasteiger partial charge in [0.25, 0.3) is 0 Å². The summed E-state index contributed by atoms with van der Waals surface area (Å²) in [6.45, 7) is 0. The van der Waals surface area contributed by atoms with Crippen LogP contribution in [0.5, 0.6) is 11.5 Å². The molecule has 6 nitrogen and oxygen atoms in total. The van der Waals surface area contributed by atoms with Gasteiger partial charge in [-0.1, -0.05) is 12.1 Å². The molecular formula is C53H33N5OPd-2. The Morgan fingerprint density at radius 1 is 0.450 bits per heavy atom. The Bertz CT molecular complexity index is 3350. The topological polar surface area (TPSA) is 49.8 Å². The summed E-state index contributed by atoms with van der Waals surface area (Å²) in [5.41, 5.74) is 12.5. The Labute approximate surface area is 356 Å². The van der Waals surface area contributed by atoms with Crippen molar-refractivity contribution in [1.29, 1.82) is 0 Å². The Morgan fingerprint density at radius 2 is 1.08 bits per heavy atom. The van der Waals surface area contributed by atoms with E-state index in [9.17, 15) is 0 Å². The normalized spacial score (nSPS) is 11.4. The number of nitrogens with zero attached hydrogens (tertiary/aromatic N) is 5. The van der Waals surface area contributed by atoms with Gasteiger partial charge >= 0.3 is 294 Å². The van der Waals surface area contributed by atoms with Gasteiger partial charge in [-0.15, -0.1) is 0 Å². The summed E-state index contributed by atoms with van der Waals surface area (Å²) >= 11 is 3.72. The van der Waals surface area contributed by atoms with Crippen LogP contribution in [0.1, 0.15) is 0 Å². The maximum atomic E-state index is 6.63. The molecule has 0 unspecified atom stereocenters. The molecular weight excluding hydrogens is 829 g/mol. The van der Waals surface area contributed by atoms with Gasteiger partial charge in [-0.3, -0.25) is 4.98 Å². The number of aromatic nitrogens is 5. The van der Waals surface area contributed by atoms with Gasteiger partial charge in [-0.2, -0.15) is 0 Å². The summed E-state index contributed by atoms with van der Waals surface area (Å²) in [6, 6.07) is 70.0. The van der Waals surface area contributed by atoms with Gasteiger partial charge in [0.05, 0.1) is 0 Å². The molecule has 0 aliphatic rings. The summed E-state index contributed by atoms with van der Waals surface area (Å²) in [6.07, 6.45) is 5.50. The molecule has 0 bridgehead atoms. The van der Waals surface area contributed by atoms with Crippen LogP contribution in [0.25, 0.3) is 83.4 Å². The fraction of sp³-hybridized carbons (Fsp3) is 0. The van der Waals surface area contributed by atoms with E-state index in [0.29, 0.717) is 11.5 Å². The van der Waals surface area contributed by atoms with Crippen LogP contribution in [0.3, 0.4) is 0 Å². The standard InChI is InChI=1S/C53H33N5O.Pd/c1-3-13-38(14-4-1)44-20-12-21-45(39-15-5-2-6-16-39)53(44)57-36-56(49-23-9-10-24-50(49)57)41-17-11-18-42(33-41)59-43-26-27-47-46-19-7-8-22-48(46)58(51(47)34-43)52-28-25-40(35-55-52)37-29-31-54-32-30-37;/h1-32,35H;/q-2;. The predicted molar refractivity (Wildman–Crippen MR) is 236 cm³/mol. The number of hydrogen-bond acceptors (Lipinski definition) is 3. The predicted octanol–water partition coefficient (Wildman–Crippen LogP) is 12.8. The average molecular weight is 862 g/mol. The Kier molecular flexibility index (Phi) is 8.97. The summed E-state index contributed by atoms with van der Waals surface area (Å²) < 4.78 is 14.2. The summed E-state index contributed by atoms with van der Waals surface area (Å²) in [7, 11) is 0. The third kappa shape index (κ3) is 6.20. The van der Waals surface area contributed by atoms with Crippen molar-refractivity contribution in [3.05, 3.63) is 217 Å². The molecule has 0 radical (unpaired) electrons. The average Bonchev–Trinajstić information content (AvgIpc) is 3.80. The zero-order valence-electron chi connectivity index (χ0n) is 32.0. The Balaban J connectivity index is 1.02. The van der Waals surface area contributed by atoms with E-state index in [4.69, 9.17) is 9.72 Å². The van der Waals surface area contributed by atoms with Gasteiger partial charge in [0.15, 0.2) is 0 Å². The quantitative estimate of drug-likeness (QED) is 0.113. The molecule has 7 heteroatoms. The number of rotatable bonds is 8. The Morgan fingerprint density at radius 3 is 1.78 bits per heavy atom. The number of ether oxygens (including phenoxy) is 1. The van der Waals surface area contributed by atoms with Crippen LogP contribution in [0.2, 0.25) is 0 Å². The molecule has 4 heterocycles. The first-order valence-corrected chi connectivity index (χ1v) is 20.4. The third-order valence-electron chi connectivity index (χ3n) is 10.9. The van der Waals surface area contributed by atoms with Crippen molar-refractivity contribution in [3.63, 3.8) is 0 Å². The number of fused-ring (bicyclic) bond motifs is 4. The zero-order chi connectivity index (χ0) is 40.0. The number of para-hydroxylation sites is 4. The molecule has 0 N–H and O–H groups in total. The molecule has 0 aliphatic carbocycles. The van der Waals surface area contributed by atoms with Gasteiger partial charge in [-0.05, 0) is 23.8 Å². The van der Waals surface area contributed by atoms with E-state index >= 15 is 0 Å². The molecule has 11 aromatic rings. The van der Waals surface area contributed by atoms with Gasteiger partial charge < -0.3 is 0 Å². The van der Waals surface area contributed by atoms with Crippen molar-refractivity contribution < 1.29 is 23.5 Å². The summed E-state index contributed by atoms with van der Waals surface area (Å²) in [4.78, 5) is 9.09. The van der Waals surface area contributed by atoms with Gasteiger partial charge in [-0.25, -0.2) is 0 Å². The van der Waals surface area contributed by atoms with Gasteiger partial charge in [0, 0.05) is 24.2 Å². The van der Waals surface area contributed by atoms with Crippen molar-refractivity contribution in [1.82, 2.24) is 23.7 Å². The van der Waals surface area contributed by atoms with E-state index in [1.165, 1.54) is 0 Å². The second kappa shape index (κ2) is 15.1. The van der Waals surface area contributed by atoms with Crippen LogP contribution in [0, 0.1) is 16.0 Å². The van der Waals surface area contributed by atoms with E-state index in [-0.39, 0.29) is 0 Å². The zero-order valence-corrected chi connectivity index (χ0v) is 33.6. The van der Waals surface area contributed by atoms with E-state index < -0.39 is 0 Å². The van der Waals surface area contributed by atoms with Crippen LogP contribution in [-0.2, 0) is 18.7 Å². The first-order chi connectivity index (χ1) is 29.7. The number of pyridine rings is 2. The molecule has 0 saturated carbocycles. The van der Waals surface area contributed by atoms with Crippen LogP contribution < -0.4 is 4.74 Å². The molecule has 0 aliphatic heterocycles. The first-order valence-electron chi connectivity index (χ1n) is 19.6. The third-order valence-corrected chi connectivity index (χ3v) is 11.6. The van der Waals surface area contributed by atoms with E-state index in [1.54, 1.807) is 12.4 Å². The molecule has 0 atom stereocenters. The van der Waals surface area contributed by atoms with Crippen molar-refractivity contribution >= 4 is 32.8 Å². The minimum atomic E-state index is 0.570. The second-order valence-corrected chi connectivity index (χ2v) is 15.1. The monoisotopic (exact) mass is 861 g/mol. The molecule has 0 spiro atoms. The molecule has 0 amide bonds. The second-order valence-electron chi connectivity index (χ2n) is 14.4. The number of benzene rings is 7. The van der Waals surface area contributed by atoms with Crippen molar-refractivity contribution in [3.8, 4) is 62.1 Å². The molecule has 288 valence electrons. The summed E-state index contributed by atoms with van der Waals surface area (Å²) in [5, 5.41) is 2.18. The fourth-order valence-corrected chi connectivity index (χ4v) is 8.92. The molecule has 4 aromatic heterocycles. The minimum absolute atomic E-state index is 0.570. The fourth-order valence-electron chi connectivity index (χ4n) is 8.19. The van der Waals surface area contributed by atoms with Gasteiger partial charge in [0.1, 0.15) is 0 Å². The maximum absolute atomic E-state index is 6.63. The van der Waals surface area contributed by atoms with Gasteiger partial charge in [0.2, 0.25) is 0 Å². The van der Waals surface area contributed by atoms with Crippen molar-refractivity contribution in [2.45, 2.75) is 0 Å². The van der Waals surface area contributed by atoms with Crippen LogP contribution in [0.4, 0.5) is 0 Å². The molecule has 11 rings (SSSR count). The van der Waals surface area contributed by atoms with Crippen LogP contribution in [-0.4, -0.2) is 23.7 Å². The van der Waals surface area contributed by atoms with E-state index in [0.717, 1.165) is 87.3 Å². The first kappa shape index (κ1) is 35.7. The van der Waals surface area contributed by atoms with Crippen LogP contribution >= 0.6 is 0 Å². The Hall–Kier alpha value is -7.43. The summed E-state index contributed by atoms with van der Waals surface area (Å²) in [5.74, 6) is 1.94. The number of imidazole rings is 1. The molecule has 60 heavy (non-hydrogen) atoms. The molecule has 7 aromatic carbocycles.